The molecule has 0 unspecified atom stereocenters. The van der Waals surface area contributed by atoms with E-state index in [4.69, 9.17) is 5.11 Å². The molecule has 5 nitrogen and oxygen atoms in total. The summed E-state index contributed by atoms with van der Waals surface area (Å²) in [5.74, 6) is -0.329. The number of halogens is 1. The molecule has 0 saturated carbocycles. The molecule has 0 aliphatic carbocycles. The van der Waals surface area contributed by atoms with Gasteiger partial charge < -0.3 is 9.67 Å². The van der Waals surface area contributed by atoms with Crippen LogP contribution in [0.1, 0.15) is 21.7 Å². The zero-order valence-electron chi connectivity index (χ0n) is 9.31. The van der Waals surface area contributed by atoms with Crippen LogP contribution in [0.25, 0.3) is 5.82 Å². The van der Waals surface area contributed by atoms with Gasteiger partial charge in [-0.1, -0.05) is 0 Å². The fourth-order valence-electron chi connectivity index (χ4n) is 1.75. The SMILES string of the molecule is Cc1cc(C(=O)O)c(C)n1-c1cnc(Br)cn1. The molecule has 2 rings (SSSR count). The van der Waals surface area contributed by atoms with Gasteiger partial charge in [0.15, 0.2) is 5.82 Å². The van der Waals surface area contributed by atoms with Crippen molar-refractivity contribution in [2.24, 2.45) is 0 Å². The summed E-state index contributed by atoms with van der Waals surface area (Å²) in [5.41, 5.74) is 1.75. The summed E-state index contributed by atoms with van der Waals surface area (Å²) in [5, 5.41) is 9.04. The van der Waals surface area contributed by atoms with E-state index in [1.54, 1.807) is 30.0 Å². The first-order valence-corrected chi connectivity index (χ1v) is 5.70. The lowest BCUT2D eigenvalue weighted by Gasteiger charge is -2.07. The Hall–Kier alpha value is -1.69. The Labute approximate surface area is 106 Å². The van der Waals surface area contributed by atoms with Gasteiger partial charge in [0.25, 0.3) is 0 Å². The van der Waals surface area contributed by atoms with Crippen molar-refractivity contribution < 1.29 is 9.90 Å². The molecule has 0 bridgehead atoms. The predicted molar refractivity (Wildman–Crippen MR) is 65.5 cm³/mol. The van der Waals surface area contributed by atoms with Crippen molar-refractivity contribution in [3.05, 3.63) is 40.0 Å². The van der Waals surface area contributed by atoms with Gasteiger partial charge in [-0.05, 0) is 35.8 Å². The molecular weight excluding hydrogens is 286 g/mol. The van der Waals surface area contributed by atoms with Gasteiger partial charge in [-0.15, -0.1) is 0 Å². The van der Waals surface area contributed by atoms with Crippen LogP contribution in [-0.4, -0.2) is 25.6 Å². The van der Waals surface area contributed by atoms with Crippen molar-refractivity contribution in [3.8, 4) is 5.82 Å². The third kappa shape index (κ3) is 2.08. The molecule has 0 aromatic carbocycles. The fourth-order valence-corrected chi connectivity index (χ4v) is 1.96. The maximum absolute atomic E-state index is 11.0. The first-order valence-electron chi connectivity index (χ1n) is 4.91. The lowest BCUT2D eigenvalue weighted by atomic mass is 10.2. The molecular formula is C11H10BrN3O2. The number of carbonyl (C=O) groups is 1. The van der Waals surface area contributed by atoms with E-state index in [-0.39, 0.29) is 5.56 Å². The molecule has 2 aromatic heterocycles. The maximum Gasteiger partial charge on any atom is 0.337 e. The molecule has 0 saturated heterocycles. The van der Waals surface area contributed by atoms with Crippen LogP contribution in [0.5, 0.6) is 0 Å². The van der Waals surface area contributed by atoms with Gasteiger partial charge >= 0.3 is 5.97 Å². The zero-order chi connectivity index (χ0) is 12.6. The second-order valence-corrected chi connectivity index (χ2v) is 4.44. The third-order valence-corrected chi connectivity index (χ3v) is 2.91. The molecule has 2 aromatic rings. The summed E-state index contributed by atoms with van der Waals surface area (Å²) in [6, 6.07) is 1.63. The van der Waals surface area contributed by atoms with Gasteiger partial charge in [0.05, 0.1) is 18.0 Å². The topological polar surface area (TPSA) is 68.0 Å². The molecule has 0 fully saturated rings. The number of aromatic nitrogens is 3. The van der Waals surface area contributed by atoms with E-state index in [0.717, 1.165) is 5.69 Å². The van der Waals surface area contributed by atoms with Crippen molar-refractivity contribution in [1.29, 1.82) is 0 Å². The van der Waals surface area contributed by atoms with Crippen LogP contribution < -0.4 is 0 Å². The predicted octanol–water partition coefficient (Wildman–Crippen LogP) is 2.34. The summed E-state index contributed by atoms with van der Waals surface area (Å²) < 4.78 is 2.41. The smallest absolute Gasteiger partial charge is 0.337 e. The Morgan fingerprint density at radius 3 is 2.53 bits per heavy atom. The van der Waals surface area contributed by atoms with Gasteiger partial charge in [-0.2, -0.15) is 0 Å². The van der Waals surface area contributed by atoms with Gasteiger partial charge in [0, 0.05) is 11.4 Å². The number of aryl methyl sites for hydroxylation is 1. The highest BCUT2D eigenvalue weighted by Crippen LogP contribution is 2.19. The van der Waals surface area contributed by atoms with E-state index < -0.39 is 5.97 Å². The highest BCUT2D eigenvalue weighted by atomic mass is 79.9. The minimum absolute atomic E-state index is 0.284. The number of carboxylic acids is 1. The molecule has 6 heteroatoms. The Bertz CT molecular complexity index is 575. The number of nitrogens with zero attached hydrogens (tertiary/aromatic N) is 3. The summed E-state index contributed by atoms with van der Waals surface area (Å²) in [4.78, 5) is 19.3. The second kappa shape index (κ2) is 4.29. The molecule has 2 heterocycles. The molecule has 0 aliphatic heterocycles. The van der Waals surface area contributed by atoms with Crippen LogP contribution in [0.4, 0.5) is 0 Å². The van der Waals surface area contributed by atoms with Gasteiger partial charge in [-0.3, -0.25) is 0 Å². The van der Waals surface area contributed by atoms with Crippen molar-refractivity contribution in [2.75, 3.05) is 0 Å². The normalized spacial score (nSPS) is 10.5. The van der Waals surface area contributed by atoms with Crippen LogP contribution in [0, 0.1) is 13.8 Å². The number of carboxylic acid groups (broad SMARTS) is 1. The Morgan fingerprint density at radius 2 is 2.06 bits per heavy atom. The largest absolute Gasteiger partial charge is 0.478 e. The fraction of sp³-hybridized carbons (Fsp3) is 0.182. The Kier molecular flexibility index (Phi) is 2.97. The van der Waals surface area contributed by atoms with Crippen molar-refractivity contribution in [2.45, 2.75) is 13.8 Å². The highest BCUT2D eigenvalue weighted by molar-refractivity contribution is 9.10. The molecule has 0 aliphatic rings. The molecule has 0 amide bonds. The molecule has 88 valence electrons. The molecule has 0 radical (unpaired) electrons. The minimum atomic E-state index is -0.936. The summed E-state index contributed by atoms with van der Waals surface area (Å²) in [6.45, 7) is 3.59. The van der Waals surface area contributed by atoms with E-state index in [9.17, 15) is 4.79 Å². The van der Waals surface area contributed by atoms with E-state index in [1.165, 1.54) is 0 Å². The number of aromatic carboxylic acids is 1. The van der Waals surface area contributed by atoms with Crippen molar-refractivity contribution in [3.63, 3.8) is 0 Å². The molecule has 0 spiro atoms. The van der Waals surface area contributed by atoms with Crippen molar-refractivity contribution in [1.82, 2.24) is 14.5 Å². The third-order valence-electron chi connectivity index (χ3n) is 2.50. The van der Waals surface area contributed by atoms with Crippen LogP contribution in [0.2, 0.25) is 0 Å². The summed E-state index contributed by atoms with van der Waals surface area (Å²) >= 11 is 3.21. The summed E-state index contributed by atoms with van der Waals surface area (Å²) in [6.07, 6.45) is 3.17. The van der Waals surface area contributed by atoms with Crippen LogP contribution in [0.15, 0.2) is 23.1 Å². The molecule has 1 N–H and O–H groups in total. The Balaban J connectivity index is 2.59. The van der Waals surface area contributed by atoms with Gasteiger partial charge in [-0.25, -0.2) is 14.8 Å². The number of hydrogen-bond acceptors (Lipinski definition) is 3. The van der Waals surface area contributed by atoms with E-state index in [2.05, 4.69) is 25.9 Å². The highest BCUT2D eigenvalue weighted by Gasteiger charge is 2.16. The zero-order valence-corrected chi connectivity index (χ0v) is 10.9. The molecule has 0 atom stereocenters. The first-order chi connectivity index (χ1) is 8.00. The quantitative estimate of drug-likeness (QED) is 0.923. The standard InChI is InChI=1S/C11H10BrN3O2/c1-6-3-8(11(16)17)7(2)15(6)10-5-13-9(12)4-14-10/h3-5H,1-2H3,(H,16,17). The average molecular weight is 296 g/mol. The van der Waals surface area contributed by atoms with Crippen LogP contribution in [0.3, 0.4) is 0 Å². The van der Waals surface area contributed by atoms with E-state index in [1.807, 2.05) is 6.92 Å². The van der Waals surface area contributed by atoms with Gasteiger partial charge in [0.2, 0.25) is 0 Å². The second-order valence-electron chi connectivity index (χ2n) is 3.62. The van der Waals surface area contributed by atoms with Gasteiger partial charge in [0.1, 0.15) is 4.60 Å². The lowest BCUT2D eigenvalue weighted by molar-refractivity contribution is 0.0696. The number of rotatable bonds is 2. The van der Waals surface area contributed by atoms with E-state index in [0.29, 0.717) is 16.1 Å². The summed E-state index contributed by atoms with van der Waals surface area (Å²) in [7, 11) is 0. The van der Waals surface area contributed by atoms with Crippen molar-refractivity contribution >= 4 is 21.9 Å². The monoisotopic (exact) mass is 295 g/mol. The maximum atomic E-state index is 11.0. The first kappa shape index (κ1) is 11.8. The minimum Gasteiger partial charge on any atom is -0.478 e. The van der Waals surface area contributed by atoms with Crippen LogP contribution >= 0.6 is 15.9 Å². The van der Waals surface area contributed by atoms with E-state index >= 15 is 0 Å². The Morgan fingerprint density at radius 1 is 1.35 bits per heavy atom. The van der Waals surface area contributed by atoms with Crippen LogP contribution in [-0.2, 0) is 0 Å². The number of hydrogen-bond donors (Lipinski definition) is 1. The lowest BCUT2D eigenvalue weighted by Crippen LogP contribution is -2.04. The molecule has 17 heavy (non-hydrogen) atoms. The average Bonchev–Trinajstić information content (AvgIpc) is 2.56.